The van der Waals surface area contributed by atoms with Crippen molar-refractivity contribution in [2.24, 2.45) is 0 Å². The highest BCUT2D eigenvalue weighted by atomic mass is 19.1. The zero-order valence-electron chi connectivity index (χ0n) is 10.6. The minimum Gasteiger partial charge on any atom is -0.461 e. The third kappa shape index (κ3) is 2.93. The molecule has 0 fully saturated rings. The summed E-state index contributed by atoms with van der Waals surface area (Å²) in [6, 6.07) is 2.68. The molecular formula is C12H13FN4O2. The fraction of sp³-hybridized carbons (Fsp3) is 0.333. The van der Waals surface area contributed by atoms with Crippen LogP contribution in [0.4, 0.5) is 4.39 Å². The van der Waals surface area contributed by atoms with Crippen LogP contribution in [-0.4, -0.2) is 32.6 Å². The van der Waals surface area contributed by atoms with Crippen molar-refractivity contribution >= 4 is 5.97 Å². The van der Waals surface area contributed by atoms with Gasteiger partial charge in [-0.3, -0.25) is 0 Å². The number of esters is 1. The lowest BCUT2D eigenvalue weighted by Crippen LogP contribution is -2.08. The highest BCUT2D eigenvalue weighted by Gasteiger charge is 2.15. The Morgan fingerprint density at radius 1 is 1.53 bits per heavy atom. The molecule has 2 aromatic rings. The number of hydrogen-bond acceptors (Lipinski definition) is 5. The van der Waals surface area contributed by atoms with E-state index in [-0.39, 0.29) is 18.3 Å². The largest absolute Gasteiger partial charge is 0.461 e. The topological polar surface area (TPSA) is 69.9 Å². The van der Waals surface area contributed by atoms with Crippen molar-refractivity contribution < 1.29 is 13.9 Å². The Morgan fingerprint density at radius 2 is 2.32 bits per heavy atom. The van der Waals surface area contributed by atoms with E-state index in [9.17, 15) is 9.18 Å². The summed E-state index contributed by atoms with van der Waals surface area (Å²) in [7, 11) is 0. The Hall–Kier alpha value is -2.31. The van der Waals surface area contributed by atoms with Gasteiger partial charge in [-0.25, -0.2) is 14.5 Å². The van der Waals surface area contributed by atoms with Crippen molar-refractivity contribution in [3.8, 4) is 0 Å². The number of nitrogens with zero attached hydrogens (tertiary/aromatic N) is 4. The van der Waals surface area contributed by atoms with Gasteiger partial charge in [0.05, 0.1) is 18.8 Å². The highest BCUT2D eigenvalue weighted by Crippen LogP contribution is 2.16. The average Bonchev–Trinajstić information content (AvgIpc) is 2.89. The maximum absolute atomic E-state index is 12.7. The van der Waals surface area contributed by atoms with Crippen LogP contribution in [0.25, 0.3) is 0 Å². The molecule has 0 aliphatic carbocycles. The van der Waals surface area contributed by atoms with E-state index in [1.807, 2.05) is 6.92 Å². The highest BCUT2D eigenvalue weighted by molar-refractivity contribution is 5.86. The molecule has 6 nitrogen and oxygen atoms in total. The molecule has 0 aliphatic rings. The number of hydrogen-bond donors (Lipinski definition) is 0. The van der Waals surface area contributed by atoms with Gasteiger partial charge in [0.15, 0.2) is 5.69 Å². The number of rotatable bonds is 4. The molecule has 1 unspecified atom stereocenters. The monoisotopic (exact) mass is 264 g/mol. The van der Waals surface area contributed by atoms with E-state index in [0.29, 0.717) is 0 Å². The number of ether oxygens (including phenoxy) is 1. The van der Waals surface area contributed by atoms with E-state index >= 15 is 0 Å². The molecule has 0 aromatic carbocycles. The molecule has 19 heavy (non-hydrogen) atoms. The standard InChI is InChI=1S/C12H13FN4O2/c1-3-19-12(18)10-7-17(16-15-10)8(2)9-4-5-11(13)14-6-9/h4-8H,3H2,1-2H3. The van der Waals surface area contributed by atoms with Gasteiger partial charge in [-0.05, 0) is 25.5 Å². The van der Waals surface area contributed by atoms with E-state index in [0.717, 1.165) is 5.56 Å². The normalized spacial score (nSPS) is 12.2. The lowest BCUT2D eigenvalue weighted by molar-refractivity contribution is 0.0519. The molecule has 0 aliphatic heterocycles. The van der Waals surface area contributed by atoms with Crippen molar-refractivity contribution in [2.75, 3.05) is 6.61 Å². The van der Waals surface area contributed by atoms with Crippen LogP contribution >= 0.6 is 0 Å². The summed E-state index contributed by atoms with van der Waals surface area (Å²) in [4.78, 5) is 15.0. The zero-order chi connectivity index (χ0) is 13.8. The Bertz CT molecular complexity index is 567. The van der Waals surface area contributed by atoms with Gasteiger partial charge in [-0.2, -0.15) is 4.39 Å². The van der Waals surface area contributed by atoms with Crippen LogP contribution in [0.15, 0.2) is 24.5 Å². The molecule has 0 amide bonds. The third-order valence-electron chi connectivity index (χ3n) is 2.62. The molecule has 2 aromatic heterocycles. The maximum Gasteiger partial charge on any atom is 0.360 e. The smallest absolute Gasteiger partial charge is 0.360 e. The first-order valence-corrected chi connectivity index (χ1v) is 5.82. The number of carbonyl (C=O) groups is 1. The first kappa shape index (κ1) is 13.1. The summed E-state index contributed by atoms with van der Waals surface area (Å²) >= 11 is 0. The summed E-state index contributed by atoms with van der Waals surface area (Å²) in [6.45, 7) is 3.84. The average molecular weight is 264 g/mol. The van der Waals surface area contributed by atoms with Gasteiger partial charge in [-0.1, -0.05) is 11.3 Å². The number of aromatic nitrogens is 4. The molecule has 0 saturated carbocycles. The Labute approximate surface area is 109 Å². The third-order valence-corrected chi connectivity index (χ3v) is 2.62. The second-order valence-electron chi connectivity index (χ2n) is 3.89. The molecule has 2 rings (SSSR count). The van der Waals surface area contributed by atoms with E-state index in [4.69, 9.17) is 4.74 Å². The first-order valence-electron chi connectivity index (χ1n) is 5.82. The van der Waals surface area contributed by atoms with Gasteiger partial charge in [0.25, 0.3) is 0 Å². The van der Waals surface area contributed by atoms with Gasteiger partial charge in [-0.15, -0.1) is 5.10 Å². The summed E-state index contributed by atoms with van der Waals surface area (Å²) in [6.07, 6.45) is 2.91. The second-order valence-corrected chi connectivity index (χ2v) is 3.89. The lowest BCUT2D eigenvalue weighted by Gasteiger charge is -2.10. The van der Waals surface area contributed by atoms with E-state index < -0.39 is 11.9 Å². The Balaban J connectivity index is 2.18. The molecule has 0 bridgehead atoms. The zero-order valence-corrected chi connectivity index (χ0v) is 10.6. The van der Waals surface area contributed by atoms with Crippen molar-refractivity contribution in [1.82, 2.24) is 20.0 Å². The van der Waals surface area contributed by atoms with Crippen LogP contribution in [0.3, 0.4) is 0 Å². The minimum atomic E-state index is -0.540. The van der Waals surface area contributed by atoms with Gasteiger partial charge in [0.2, 0.25) is 5.95 Å². The quantitative estimate of drug-likeness (QED) is 0.619. The van der Waals surface area contributed by atoms with Crippen LogP contribution < -0.4 is 0 Å². The van der Waals surface area contributed by atoms with Gasteiger partial charge < -0.3 is 4.74 Å². The van der Waals surface area contributed by atoms with Crippen molar-refractivity contribution in [2.45, 2.75) is 19.9 Å². The van der Waals surface area contributed by atoms with Crippen molar-refractivity contribution in [3.05, 3.63) is 41.7 Å². The maximum atomic E-state index is 12.7. The molecule has 100 valence electrons. The molecular weight excluding hydrogens is 251 g/mol. The van der Waals surface area contributed by atoms with Crippen molar-refractivity contribution in [1.29, 1.82) is 0 Å². The van der Waals surface area contributed by atoms with Crippen LogP contribution in [0, 0.1) is 5.95 Å². The fourth-order valence-electron chi connectivity index (χ4n) is 1.55. The van der Waals surface area contributed by atoms with Crippen molar-refractivity contribution in [3.63, 3.8) is 0 Å². The predicted molar refractivity (Wildman–Crippen MR) is 64.0 cm³/mol. The van der Waals surface area contributed by atoms with E-state index in [1.54, 1.807) is 13.0 Å². The molecule has 0 N–H and O–H groups in total. The van der Waals surface area contributed by atoms with Gasteiger partial charge in [0, 0.05) is 6.20 Å². The summed E-state index contributed by atoms with van der Waals surface area (Å²) in [5.74, 6) is -1.06. The summed E-state index contributed by atoms with van der Waals surface area (Å²) < 4.78 is 19.1. The summed E-state index contributed by atoms with van der Waals surface area (Å²) in [5, 5.41) is 7.61. The number of pyridine rings is 1. The Morgan fingerprint density at radius 3 is 2.95 bits per heavy atom. The first-order chi connectivity index (χ1) is 9.11. The lowest BCUT2D eigenvalue weighted by atomic mass is 10.1. The minimum absolute atomic E-state index is 0.142. The molecule has 1 atom stereocenters. The number of halogens is 1. The van der Waals surface area contributed by atoms with Crippen LogP contribution in [-0.2, 0) is 4.74 Å². The van der Waals surface area contributed by atoms with Gasteiger partial charge >= 0.3 is 5.97 Å². The Kier molecular flexibility index (Phi) is 3.84. The van der Waals surface area contributed by atoms with E-state index in [1.165, 1.54) is 23.1 Å². The molecule has 0 saturated heterocycles. The van der Waals surface area contributed by atoms with E-state index in [2.05, 4.69) is 15.3 Å². The van der Waals surface area contributed by atoms with Gasteiger partial charge in [0.1, 0.15) is 0 Å². The SMILES string of the molecule is CCOC(=O)c1cn(C(C)c2ccc(F)nc2)nn1. The predicted octanol–water partition coefficient (Wildman–Crippen LogP) is 1.60. The molecule has 2 heterocycles. The number of carbonyl (C=O) groups excluding carboxylic acids is 1. The molecule has 7 heteroatoms. The van der Waals surface area contributed by atoms with Crippen LogP contribution in [0.2, 0.25) is 0 Å². The summed E-state index contributed by atoms with van der Waals surface area (Å²) in [5.41, 5.74) is 0.908. The second kappa shape index (κ2) is 5.55. The molecule has 0 radical (unpaired) electrons. The van der Waals surface area contributed by atoms with Crippen LogP contribution in [0.5, 0.6) is 0 Å². The molecule has 0 spiro atoms. The van der Waals surface area contributed by atoms with Crippen LogP contribution in [0.1, 0.15) is 35.9 Å². The fourth-order valence-corrected chi connectivity index (χ4v) is 1.55.